The Balaban J connectivity index is 1.46. The third-order valence-corrected chi connectivity index (χ3v) is 10.5. The number of sulfonamides is 1. The van der Waals surface area contributed by atoms with Crippen LogP contribution in [0.5, 0.6) is 5.75 Å². The predicted octanol–water partition coefficient (Wildman–Crippen LogP) is 0.0994. The number of methoxy groups -OCH3 is 1. The molecule has 4 N–H and O–H groups in total. The zero-order valence-corrected chi connectivity index (χ0v) is 24.6. The van der Waals surface area contributed by atoms with E-state index in [1.807, 2.05) is 6.08 Å². The van der Waals surface area contributed by atoms with Crippen molar-refractivity contribution in [2.75, 3.05) is 65.1 Å². The van der Waals surface area contributed by atoms with E-state index in [-0.39, 0.29) is 23.4 Å². The molecule has 4 aliphatic rings. The summed E-state index contributed by atoms with van der Waals surface area (Å²) < 4.78 is 64.0. The summed E-state index contributed by atoms with van der Waals surface area (Å²) >= 11 is 0. The summed E-state index contributed by atoms with van der Waals surface area (Å²) in [7, 11) is -5.50. The largest absolute Gasteiger partial charge is 0.496 e. The van der Waals surface area contributed by atoms with Crippen LogP contribution in [0.1, 0.15) is 24.8 Å². The van der Waals surface area contributed by atoms with Gasteiger partial charge >= 0.3 is 0 Å². The lowest BCUT2D eigenvalue weighted by Gasteiger charge is -2.43. The Morgan fingerprint density at radius 1 is 1.20 bits per heavy atom. The van der Waals surface area contributed by atoms with E-state index < -0.39 is 25.5 Å². The van der Waals surface area contributed by atoms with Gasteiger partial charge in [0.15, 0.2) is 0 Å². The standard InChI is InChI=1S/C26H38N6O6S2/c1-37-23-17-19(40(35,36)32-11-4-3-5-24(32)31-12-14-38-15-13-31)6-7-21(23)26(27)18-22(28-10-16-39(2,33)34)20-8-9-29-25(20)30-26/h6-8,17-18,24,28H,3-5,9-16,27H2,1-2H3,(H,29,30). The number of amidine groups is 1. The molecule has 220 valence electrons. The van der Waals surface area contributed by atoms with Crippen molar-refractivity contribution in [3.63, 3.8) is 0 Å². The van der Waals surface area contributed by atoms with Crippen molar-refractivity contribution in [1.82, 2.24) is 19.8 Å². The number of hydrogen-bond acceptors (Lipinski definition) is 11. The van der Waals surface area contributed by atoms with Crippen molar-refractivity contribution in [1.29, 1.82) is 0 Å². The maximum atomic E-state index is 13.9. The highest BCUT2D eigenvalue weighted by Gasteiger charge is 2.40. The normalized spacial score (nSPS) is 26.3. The van der Waals surface area contributed by atoms with Gasteiger partial charge in [-0.1, -0.05) is 6.08 Å². The second-order valence-corrected chi connectivity index (χ2v) is 14.7. The van der Waals surface area contributed by atoms with Gasteiger partial charge in [-0.25, -0.2) is 16.8 Å². The average molecular weight is 595 g/mol. The van der Waals surface area contributed by atoms with Crippen LogP contribution in [0.2, 0.25) is 0 Å². The first-order valence-electron chi connectivity index (χ1n) is 13.5. The van der Waals surface area contributed by atoms with Gasteiger partial charge in [0, 0.05) is 55.3 Å². The molecule has 1 aromatic rings. The molecule has 0 spiro atoms. The van der Waals surface area contributed by atoms with Crippen LogP contribution in [0.15, 0.2) is 51.5 Å². The minimum atomic E-state index is -3.82. The minimum Gasteiger partial charge on any atom is -0.496 e. The highest BCUT2D eigenvalue weighted by Crippen LogP contribution is 2.36. The van der Waals surface area contributed by atoms with E-state index >= 15 is 0 Å². The number of hydrogen-bond donors (Lipinski definition) is 3. The molecule has 0 saturated carbocycles. The number of benzene rings is 1. The average Bonchev–Trinajstić information content (AvgIpc) is 3.41. The van der Waals surface area contributed by atoms with Crippen LogP contribution in [-0.2, 0) is 30.3 Å². The van der Waals surface area contributed by atoms with E-state index in [1.165, 1.54) is 19.4 Å². The molecule has 0 amide bonds. The number of aliphatic imine (C=N–C) groups is 1. The first kappa shape index (κ1) is 29.0. The van der Waals surface area contributed by atoms with Gasteiger partial charge in [0.2, 0.25) is 10.0 Å². The molecule has 12 nitrogen and oxygen atoms in total. The summed E-state index contributed by atoms with van der Waals surface area (Å²) in [6.45, 7) is 3.73. The molecule has 2 fully saturated rings. The second kappa shape index (κ2) is 11.4. The summed E-state index contributed by atoms with van der Waals surface area (Å²) in [6.07, 6.45) is 7.24. The lowest BCUT2D eigenvalue weighted by Crippen LogP contribution is -2.56. The van der Waals surface area contributed by atoms with Gasteiger partial charge in [-0.15, -0.1) is 0 Å². The molecular weight excluding hydrogens is 556 g/mol. The molecule has 1 aromatic carbocycles. The van der Waals surface area contributed by atoms with Crippen molar-refractivity contribution >= 4 is 25.7 Å². The summed E-state index contributed by atoms with van der Waals surface area (Å²) in [5, 5.41) is 6.44. The molecule has 2 unspecified atom stereocenters. The quantitative estimate of drug-likeness (QED) is 0.358. The fourth-order valence-corrected chi connectivity index (χ4v) is 7.84. The highest BCUT2D eigenvalue weighted by atomic mass is 32.2. The maximum Gasteiger partial charge on any atom is 0.244 e. The van der Waals surface area contributed by atoms with Gasteiger partial charge in [0.1, 0.15) is 27.1 Å². The maximum absolute atomic E-state index is 13.9. The van der Waals surface area contributed by atoms with Crippen LogP contribution in [0.4, 0.5) is 0 Å². The number of piperidine rings is 1. The smallest absolute Gasteiger partial charge is 0.244 e. The molecule has 40 heavy (non-hydrogen) atoms. The van der Waals surface area contributed by atoms with Crippen LogP contribution in [0.25, 0.3) is 0 Å². The van der Waals surface area contributed by atoms with E-state index in [1.54, 1.807) is 22.5 Å². The molecule has 2 atom stereocenters. The van der Waals surface area contributed by atoms with E-state index in [0.29, 0.717) is 62.2 Å². The van der Waals surface area contributed by atoms with Gasteiger partial charge in [0.05, 0.1) is 43.7 Å². The number of nitrogens with two attached hydrogens (primary N) is 1. The van der Waals surface area contributed by atoms with E-state index in [9.17, 15) is 16.8 Å². The molecule has 2 saturated heterocycles. The number of rotatable bonds is 9. The van der Waals surface area contributed by atoms with Gasteiger partial charge in [-0.2, -0.15) is 4.31 Å². The van der Waals surface area contributed by atoms with Crippen molar-refractivity contribution in [3.8, 4) is 5.75 Å². The number of ether oxygens (including phenoxy) is 2. The van der Waals surface area contributed by atoms with Gasteiger partial charge in [0.25, 0.3) is 0 Å². The first-order chi connectivity index (χ1) is 19.0. The summed E-state index contributed by atoms with van der Waals surface area (Å²) in [4.78, 5) is 6.83. The summed E-state index contributed by atoms with van der Waals surface area (Å²) in [6, 6.07) is 4.76. The van der Waals surface area contributed by atoms with Crippen molar-refractivity contribution < 1.29 is 26.3 Å². The van der Waals surface area contributed by atoms with Gasteiger partial charge in [-0.05, 0) is 37.5 Å². The molecule has 0 bridgehead atoms. The van der Waals surface area contributed by atoms with Crippen LogP contribution in [0, 0.1) is 0 Å². The Labute approximate surface area is 236 Å². The topological polar surface area (TPSA) is 156 Å². The zero-order chi connectivity index (χ0) is 28.5. The lowest BCUT2D eigenvalue weighted by atomic mass is 9.92. The predicted molar refractivity (Wildman–Crippen MR) is 152 cm³/mol. The SMILES string of the molecule is COc1cc(S(=O)(=O)N2CCCCC2N2CCOCC2)ccc1C1(N)C=C(NCCS(C)(=O)=O)C2=CCN=C2N1. The fraction of sp³-hybridized carbons (Fsp3) is 0.577. The van der Waals surface area contributed by atoms with E-state index in [0.717, 1.165) is 24.8 Å². The molecule has 0 aromatic heterocycles. The Kier molecular flexibility index (Phi) is 8.28. The summed E-state index contributed by atoms with van der Waals surface area (Å²) in [5.74, 6) is 0.855. The van der Waals surface area contributed by atoms with Crippen molar-refractivity contribution in [2.45, 2.75) is 36.0 Å². The Morgan fingerprint density at radius 3 is 2.70 bits per heavy atom. The third-order valence-electron chi connectivity index (χ3n) is 7.69. The van der Waals surface area contributed by atoms with Crippen LogP contribution < -0.4 is 21.1 Å². The van der Waals surface area contributed by atoms with Crippen molar-refractivity contribution in [2.24, 2.45) is 10.7 Å². The summed E-state index contributed by atoms with van der Waals surface area (Å²) in [5.41, 5.74) is 7.57. The Hall–Kier alpha value is -2.49. The molecule has 4 heterocycles. The van der Waals surface area contributed by atoms with E-state index in [2.05, 4.69) is 20.5 Å². The number of nitrogens with zero attached hydrogens (tertiary/aromatic N) is 3. The Bertz CT molecular complexity index is 1440. The number of nitrogens with one attached hydrogen (secondary N) is 2. The minimum absolute atomic E-state index is 0.0348. The molecule has 5 rings (SSSR count). The van der Waals surface area contributed by atoms with Gasteiger partial charge < -0.3 is 25.8 Å². The Morgan fingerprint density at radius 2 is 1.98 bits per heavy atom. The molecule has 0 aliphatic carbocycles. The van der Waals surface area contributed by atoms with Crippen LogP contribution in [0.3, 0.4) is 0 Å². The van der Waals surface area contributed by atoms with Gasteiger partial charge in [-0.3, -0.25) is 9.89 Å². The molecular formula is C26H38N6O6S2. The number of sulfone groups is 1. The second-order valence-electron chi connectivity index (χ2n) is 10.5. The lowest BCUT2D eigenvalue weighted by molar-refractivity contribution is -0.0215. The first-order valence-corrected chi connectivity index (χ1v) is 17.0. The number of fused-ring (bicyclic) bond motifs is 1. The highest BCUT2D eigenvalue weighted by molar-refractivity contribution is 7.90. The monoisotopic (exact) mass is 594 g/mol. The van der Waals surface area contributed by atoms with Crippen LogP contribution >= 0.6 is 0 Å². The van der Waals surface area contributed by atoms with Crippen LogP contribution in [-0.4, -0.2) is 103 Å². The third kappa shape index (κ3) is 5.92. The number of morpholine rings is 1. The fourth-order valence-electron chi connectivity index (χ4n) is 5.67. The molecule has 4 aliphatic heterocycles. The van der Waals surface area contributed by atoms with E-state index in [4.69, 9.17) is 15.2 Å². The molecule has 0 radical (unpaired) electrons. The molecule has 14 heteroatoms. The van der Waals surface area contributed by atoms with Crippen molar-refractivity contribution in [3.05, 3.63) is 47.2 Å². The zero-order valence-electron chi connectivity index (χ0n) is 22.9.